The fraction of sp³-hybridized carbons (Fsp3) is 0.500. The van der Waals surface area contributed by atoms with Gasteiger partial charge in [0, 0.05) is 34.5 Å². The normalized spacial score (nSPS) is 33.1. The van der Waals surface area contributed by atoms with E-state index in [2.05, 4.69) is 34.9 Å². The SMILES string of the molecule is Clc1ccc(NCC23CC4CC(C2)CC(CNc2ccc(Cl)cc2)(C4)C3)cc1. The third kappa shape index (κ3) is 3.74. The molecule has 4 saturated carbocycles. The van der Waals surface area contributed by atoms with Crippen molar-refractivity contribution in [3.8, 4) is 0 Å². The molecule has 4 heteroatoms. The van der Waals surface area contributed by atoms with Crippen molar-refractivity contribution in [1.82, 2.24) is 0 Å². The monoisotopic (exact) mass is 414 g/mol. The van der Waals surface area contributed by atoms with Crippen LogP contribution in [0, 0.1) is 22.7 Å². The second-order valence-electron chi connectivity index (χ2n) is 9.68. The van der Waals surface area contributed by atoms with Gasteiger partial charge in [0.1, 0.15) is 0 Å². The Bertz CT molecular complexity index is 749. The van der Waals surface area contributed by atoms with Crippen LogP contribution in [0.3, 0.4) is 0 Å². The minimum atomic E-state index is 0.450. The number of halogens is 2. The van der Waals surface area contributed by atoms with Crippen LogP contribution in [0.25, 0.3) is 0 Å². The van der Waals surface area contributed by atoms with Crippen molar-refractivity contribution < 1.29 is 0 Å². The van der Waals surface area contributed by atoms with E-state index in [4.69, 9.17) is 23.2 Å². The summed E-state index contributed by atoms with van der Waals surface area (Å²) in [6, 6.07) is 16.3. The number of anilines is 2. The summed E-state index contributed by atoms with van der Waals surface area (Å²) in [5.74, 6) is 1.81. The summed E-state index contributed by atoms with van der Waals surface area (Å²) < 4.78 is 0. The van der Waals surface area contributed by atoms with Crippen LogP contribution in [-0.2, 0) is 0 Å². The zero-order valence-electron chi connectivity index (χ0n) is 16.2. The Kier molecular flexibility index (Phi) is 4.76. The first kappa shape index (κ1) is 18.6. The van der Waals surface area contributed by atoms with Crippen LogP contribution in [0.4, 0.5) is 11.4 Å². The van der Waals surface area contributed by atoms with Crippen LogP contribution in [0.5, 0.6) is 0 Å². The van der Waals surface area contributed by atoms with Crippen LogP contribution in [-0.4, -0.2) is 13.1 Å². The number of hydrogen-bond acceptors (Lipinski definition) is 2. The Morgan fingerprint density at radius 2 is 1.07 bits per heavy atom. The largest absolute Gasteiger partial charge is 0.384 e. The molecule has 2 aromatic carbocycles. The molecule has 2 nitrogen and oxygen atoms in total. The maximum atomic E-state index is 6.04. The van der Waals surface area contributed by atoms with Crippen molar-refractivity contribution >= 4 is 34.6 Å². The first-order valence-corrected chi connectivity index (χ1v) is 11.3. The molecule has 0 atom stereocenters. The Labute approximate surface area is 178 Å². The molecule has 0 aromatic heterocycles. The molecule has 4 fully saturated rings. The third-order valence-electron chi connectivity index (χ3n) is 7.33. The summed E-state index contributed by atoms with van der Waals surface area (Å²) in [5.41, 5.74) is 3.28. The lowest BCUT2D eigenvalue weighted by Gasteiger charge is -2.62. The summed E-state index contributed by atoms with van der Waals surface area (Å²) in [6.07, 6.45) is 8.37. The molecule has 2 N–H and O–H groups in total. The van der Waals surface area contributed by atoms with E-state index >= 15 is 0 Å². The average molecular weight is 415 g/mol. The van der Waals surface area contributed by atoms with Gasteiger partial charge in [-0.15, -0.1) is 0 Å². The number of benzene rings is 2. The van der Waals surface area contributed by atoms with Gasteiger partial charge in [0.05, 0.1) is 0 Å². The summed E-state index contributed by atoms with van der Waals surface area (Å²) in [4.78, 5) is 0. The van der Waals surface area contributed by atoms with Crippen LogP contribution in [0.1, 0.15) is 38.5 Å². The molecule has 4 aliphatic carbocycles. The molecule has 28 heavy (non-hydrogen) atoms. The van der Waals surface area contributed by atoms with Gasteiger partial charge >= 0.3 is 0 Å². The van der Waals surface area contributed by atoms with E-state index in [0.717, 1.165) is 35.0 Å². The Morgan fingerprint density at radius 1 is 0.679 bits per heavy atom. The standard InChI is InChI=1S/C24H28Cl2N2/c25-19-1-5-21(6-2-19)27-15-23-10-17-9-18(11-23)13-24(12-17,14-23)16-28-22-7-3-20(26)4-8-22/h1-8,17-18,27-28H,9-16H2. The highest BCUT2D eigenvalue weighted by Crippen LogP contribution is 2.65. The van der Waals surface area contributed by atoms with Gasteiger partial charge in [0.15, 0.2) is 0 Å². The van der Waals surface area contributed by atoms with Crippen LogP contribution in [0.2, 0.25) is 10.0 Å². The minimum absolute atomic E-state index is 0.450. The second-order valence-corrected chi connectivity index (χ2v) is 10.6. The second kappa shape index (κ2) is 7.15. The maximum absolute atomic E-state index is 6.04. The van der Waals surface area contributed by atoms with Gasteiger partial charge in [0.25, 0.3) is 0 Å². The van der Waals surface area contributed by atoms with Gasteiger partial charge in [-0.25, -0.2) is 0 Å². The summed E-state index contributed by atoms with van der Waals surface area (Å²) in [6.45, 7) is 2.18. The highest BCUT2D eigenvalue weighted by Gasteiger charge is 2.57. The zero-order valence-corrected chi connectivity index (χ0v) is 17.7. The molecule has 0 radical (unpaired) electrons. The van der Waals surface area contributed by atoms with Crippen LogP contribution < -0.4 is 10.6 Å². The number of nitrogens with one attached hydrogen (secondary N) is 2. The van der Waals surface area contributed by atoms with Gasteiger partial charge in [0.2, 0.25) is 0 Å². The van der Waals surface area contributed by atoms with E-state index in [1.807, 2.05) is 24.3 Å². The lowest BCUT2D eigenvalue weighted by atomic mass is 9.44. The number of hydrogen-bond donors (Lipinski definition) is 2. The fourth-order valence-electron chi connectivity index (χ4n) is 6.78. The van der Waals surface area contributed by atoms with Gasteiger partial charge < -0.3 is 10.6 Å². The molecular formula is C24H28Cl2N2. The van der Waals surface area contributed by atoms with Crippen LogP contribution in [0.15, 0.2) is 48.5 Å². The maximum Gasteiger partial charge on any atom is 0.0407 e. The lowest BCUT2D eigenvalue weighted by Crippen LogP contribution is -2.56. The van der Waals surface area contributed by atoms with Crippen LogP contribution >= 0.6 is 23.2 Å². The predicted molar refractivity (Wildman–Crippen MR) is 119 cm³/mol. The average Bonchev–Trinajstić information content (AvgIpc) is 2.66. The topological polar surface area (TPSA) is 24.1 Å². The Balaban J connectivity index is 1.29. The van der Waals surface area contributed by atoms with E-state index < -0.39 is 0 Å². The first-order valence-electron chi connectivity index (χ1n) is 10.5. The molecule has 4 bridgehead atoms. The van der Waals surface area contributed by atoms with Gasteiger partial charge in [-0.05, 0) is 110 Å². The molecular weight excluding hydrogens is 387 g/mol. The van der Waals surface area contributed by atoms with Crippen molar-refractivity contribution in [3.63, 3.8) is 0 Å². The fourth-order valence-corrected chi connectivity index (χ4v) is 7.03. The zero-order chi connectivity index (χ0) is 19.2. The molecule has 0 unspecified atom stereocenters. The van der Waals surface area contributed by atoms with E-state index in [0.29, 0.717) is 10.8 Å². The van der Waals surface area contributed by atoms with Gasteiger partial charge in [-0.2, -0.15) is 0 Å². The minimum Gasteiger partial charge on any atom is -0.384 e. The Hall–Kier alpha value is -1.38. The first-order chi connectivity index (χ1) is 13.5. The molecule has 0 spiro atoms. The van der Waals surface area contributed by atoms with Crippen molar-refractivity contribution in [1.29, 1.82) is 0 Å². The smallest absolute Gasteiger partial charge is 0.0407 e. The van der Waals surface area contributed by atoms with Crippen molar-refractivity contribution in [2.24, 2.45) is 22.7 Å². The summed E-state index contributed by atoms with van der Waals surface area (Å²) >= 11 is 12.1. The molecule has 6 rings (SSSR count). The van der Waals surface area contributed by atoms with Gasteiger partial charge in [-0.3, -0.25) is 0 Å². The quantitative estimate of drug-likeness (QED) is 0.526. The van der Waals surface area contributed by atoms with Crippen molar-refractivity contribution in [2.75, 3.05) is 23.7 Å². The molecule has 0 amide bonds. The summed E-state index contributed by atoms with van der Waals surface area (Å²) in [5, 5.41) is 9.06. The predicted octanol–water partition coefficient (Wildman–Crippen LogP) is 7.10. The van der Waals surface area contributed by atoms with E-state index in [9.17, 15) is 0 Å². The molecule has 4 aliphatic rings. The van der Waals surface area contributed by atoms with E-state index in [1.54, 1.807) is 0 Å². The molecule has 0 saturated heterocycles. The third-order valence-corrected chi connectivity index (χ3v) is 7.83. The molecule has 0 aliphatic heterocycles. The molecule has 148 valence electrons. The number of rotatable bonds is 6. The van der Waals surface area contributed by atoms with Gasteiger partial charge in [-0.1, -0.05) is 23.2 Å². The van der Waals surface area contributed by atoms with Crippen molar-refractivity contribution in [2.45, 2.75) is 38.5 Å². The molecule has 0 heterocycles. The Morgan fingerprint density at radius 3 is 1.46 bits per heavy atom. The summed E-state index contributed by atoms with van der Waals surface area (Å²) in [7, 11) is 0. The lowest BCUT2D eigenvalue weighted by molar-refractivity contribution is -0.0970. The van der Waals surface area contributed by atoms with E-state index in [1.165, 1.54) is 49.9 Å². The van der Waals surface area contributed by atoms with Crippen molar-refractivity contribution in [3.05, 3.63) is 58.6 Å². The highest BCUT2D eigenvalue weighted by molar-refractivity contribution is 6.30. The molecule has 2 aromatic rings. The highest BCUT2D eigenvalue weighted by atomic mass is 35.5. The van der Waals surface area contributed by atoms with E-state index in [-0.39, 0.29) is 0 Å².